The molecule has 1 aliphatic rings. The van der Waals surface area contributed by atoms with Gasteiger partial charge in [0, 0.05) is 13.1 Å². The Balaban J connectivity index is 1.83. The van der Waals surface area contributed by atoms with E-state index in [1.54, 1.807) is 4.90 Å². The summed E-state index contributed by atoms with van der Waals surface area (Å²) in [7, 11) is 0. The van der Waals surface area contributed by atoms with E-state index in [0.717, 1.165) is 30.6 Å². The van der Waals surface area contributed by atoms with Gasteiger partial charge in [0.2, 0.25) is 0 Å². The van der Waals surface area contributed by atoms with Crippen LogP contribution >= 0.6 is 0 Å². The van der Waals surface area contributed by atoms with Gasteiger partial charge in [0.25, 0.3) is 0 Å². The highest BCUT2D eigenvalue weighted by Gasteiger charge is 2.22. The predicted octanol–water partition coefficient (Wildman–Crippen LogP) is 1.94. The summed E-state index contributed by atoms with van der Waals surface area (Å²) in [6.07, 6.45) is 4.63. The molecule has 6 nitrogen and oxygen atoms in total. The molecule has 2 amide bonds. The van der Waals surface area contributed by atoms with Gasteiger partial charge < -0.3 is 9.64 Å². The molecule has 0 radical (unpaired) electrons. The summed E-state index contributed by atoms with van der Waals surface area (Å²) in [5.41, 5.74) is 3.09. The topological polar surface area (TPSA) is 71.0 Å². The molecular weight excluding hydrogens is 294 g/mol. The molecule has 1 fully saturated rings. The zero-order valence-corrected chi connectivity index (χ0v) is 13.6. The minimum Gasteiger partial charge on any atom is -0.491 e. The van der Waals surface area contributed by atoms with Crippen LogP contribution in [0.3, 0.4) is 0 Å². The minimum absolute atomic E-state index is 0.120. The van der Waals surface area contributed by atoms with Gasteiger partial charge in [-0.25, -0.2) is 5.43 Å². The highest BCUT2D eigenvalue weighted by atomic mass is 16.5. The number of nitrogens with one attached hydrogen (secondary N) is 1. The van der Waals surface area contributed by atoms with E-state index in [0.29, 0.717) is 13.1 Å². The fourth-order valence-electron chi connectivity index (χ4n) is 2.36. The van der Waals surface area contributed by atoms with Gasteiger partial charge in [0.1, 0.15) is 5.75 Å². The molecule has 2 rings (SSSR count). The quantitative estimate of drug-likeness (QED) is 0.524. The first kappa shape index (κ1) is 17.0. The van der Waals surface area contributed by atoms with E-state index in [1.807, 2.05) is 38.1 Å². The standard InChI is InChI=1S/C17H23N3O3/c1-13(2)23-15-8-6-14(7-9-15)12-18-19-16(21)17(22)20-10-4-3-5-11-20/h6-9,12-13H,3-5,10-11H2,1-2H3,(H,19,21)/b18-12+. The van der Waals surface area contributed by atoms with Gasteiger partial charge in [0.15, 0.2) is 0 Å². The number of carbonyl (C=O) groups is 2. The van der Waals surface area contributed by atoms with E-state index < -0.39 is 11.8 Å². The summed E-state index contributed by atoms with van der Waals surface area (Å²) in [4.78, 5) is 25.3. The Kier molecular flexibility index (Phi) is 6.14. The zero-order chi connectivity index (χ0) is 16.7. The third-order valence-corrected chi connectivity index (χ3v) is 3.47. The van der Waals surface area contributed by atoms with Crippen LogP contribution in [-0.4, -0.2) is 42.1 Å². The largest absolute Gasteiger partial charge is 0.491 e. The Morgan fingerprint density at radius 1 is 1.17 bits per heavy atom. The molecule has 1 aromatic carbocycles. The van der Waals surface area contributed by atoms with Crippen LogP contribution in [0, 0.1) is 0 Å². The van der Waals surface area contributed by atoms with Crippen molar-refractivity contribution >= 4 is 18.0 Å². The van der Waals surface area contributed by atoms with Crippen LogP contribution < -0.4 is 10.2 Å². The highest BCUT2D eigenvalue weighted by Crippen LogP contribution is 2.12. The predicted molar refractivity (Wildman–Crippen MR) is 88.4 cm³/mol. The van der Waals surface area contributed by atoms with Crippen LogP contribution in [0.4, 0.5) is 0 Å². The monoisotopic (exact) mass is 317 g/mol. The first-order valence-corrected chi connectivity index (χ1v) is 7.95. The number of likely N-dealkylation sites (tertiary alicyclic amines) is 1. The second-order valence-electron chi connectivity index (χ2n) is 5.79. The van der Waals surface area contributed by atoms with E-state index in [2.05, 4.69) is 10.5 Å². The Morgan fingerprint density at radius 3 is 2.43 bits per heavy atom. The average Bonchev–Trinajstić information content (AvgIpc) is 2.56. The average molecular weight is 317 g/mol. The molecule has 124 valence electrons. The van der Waals surface area contributed by atoms with Crippen molar-refractivity contribution in [1.82, 2.24) is 10.3 Å². The van der Waals surface area contributed by atoms with Crippen molar-refractivity contribution in [3.8, 4) is 5.75 Å². The minimum atomic E-state index is -0.692. The lowest BCUT2D eigenvalue weighted by Gasteiger charge is -2.25. The number of ether oxygens (including phenoxy) is 1. The fourth-order valence-corrected chi connectivity index (χ4v) is 2.36. The number of hydrazone groups is 1. The van der Waals surface area contributed by atoms with Gasteiger partial charge in [-0.15, -0.1) is 0 Å². The number of hydrogen-bond donors (Lipinski definition) is 1. The van der Waals surface area contributed by atoms with Crippen LogP contribution in [-0.2, 0) is 9.59 Å². The molecule has 0 saturated carbocycles. The number of rotatable bonds is 4. The van der Waals surface area contributed by atoms with Gasteiger partial charge >= 0.3 is 11.8 Å². The molecule has 0 aliphatic carbocycles. The Hall–Kier alpha value is -2.37. The molecule has 0 bridgehead atoms. The van der Waals surface area contributed by atoms with Crippen LogP contribution in [0.5, 0.6) is 5.75 Å². The summed E-state index contributed by atoms with van der Waals surface area (Å²) < 4.78 is 5.55. The lowest BCUT2D eigenvalue weighted by molar-refractivity contribution is -0.146. The molecule has 0 spiro atoms. The molecule has 1 heterocycles. The van der Waals surface area contributed by atoms with Crippen molar-refractivity contribution in [2.45, 2.75) is 39.2 Å². The van der Waals surface area contributed by atoms with Crippen LogP contribution in [0.2, 0.25) is 0 Å². The lowest BCUT2D eigenvalue weighted by Crippen LogP contribution is -2.43. The van der Waals surface area contributed by atoms with Gasteiger partial charge in [-0.1, -0.05) is 0 Å². The Morgan fingerprint density at radius 2 is 1.83 bits per heavy atom. The normalized spacial score (nSPS) is 15.0. The number of benzene rings is 1. The van der Waals surface area contributed by atoms with E-state index in [4.69, 9.17) is 4.74 Å². The van der Waals surface area contributed by atoms with Crippen LogP contribution in [0.1, 0.15) is 38.7 Å². The van der Waals surface area contributed by atoms with Crippen molar-refractivity contribution in [3.05, 3.63) is 29.8 Å². The summed E-state index contributed by atoms with van der Waals surface area (Å²) in [5.74, 6) is -0.424. The van der Waals surface area contributed by atoms with Crippen LogP contribution in [0.15, 0.2) is 29.4 Å². The van der Waals surface area contributed by atoms with Gasteiger partial charge in [-0.3, -0.25) is 9.59 Å². The zero-order valence-electron chi connectivity index (χ0n) is 13.6. The van der Waals surface area contributed by atoms with Crippen LogP contribution in [0.25, 0.3) is 0 Å². The highest BCUT2D eigenvalue weighted by molar-refractivity contribution is 6.35. The lowest BCUT2D eigenvalue weighted by atomic mass is 10.1. The maximum atomic E-state index is 11.9. The van der Waals surface area contributed by atoms with Crippen molar-refractivity contribution < 1.29 is 14.3 Å². The fraction of sp³-hybridized carbons (Fsp3) is 0.471. The molecule has 0 aromatic heterocycles. The number of amides is 2. The molecule has 1 aliphatic heterocycles. The first-order chi connectivity index (χ1) is 11.1. The Bertz CT molecular complexity index is 561. The molecule has 23 heavy (non-hydrogen) atoms. The first-order valence-electron chi connectivity index (χ1n) is 7.95. The number of piperidine rings is 1. The summed E-state index contributed by atoms with van der Waals surface area (Å²) in [6.45, 7) is 5.22. The Labute approximate surface area is 136 Å². The summed E-state index contributed by atoms with van der Waals surface area (Å²) in [5, 5.41) is 3.84. The second-order valence-corrected chi connectivity index (χ2v) is 5.79. The second kappa shape index (κ2) is 8.31. The molecule has 6 heteroatoms. The van der Waals surface area contributed by atoms with E-state index in [1.165, 1.54) is 6.21 Å². The van der Waals surface area contributed by atoms with Crippen molar-refractivity contribution in [1.29, 1.82) is 0 Å². The van der Waals surface area contributed by atoms with E-state index in [9.17, 15) is 9.59 Å². The van der Waals surface area contributed by atoms with Crippen molar-refractivity contribution in [3.63, 3.8) is 0 Å². The number of carbonyl (C=O) groups excluding carboxylic acids is 2. The maximum Gasteiger partial charge on any atom is 0.329 e. The smallest absolute Gasteiger partial charge is 0.329 e. The molecular formula is C17H23N3O3. The third kappa shape index (κ3) is 5.39. The van der Waals surface area contributed by atoms with Crippen molar-refractivity contribution in [2.75, 3.05) is 13.1 Å². The molecule has 1 saturated heterocycles. The van der Waals surface area contributed by atoms with Crippen molar-refractivity contribution in [2.24, 2.45) is 5.10 Å². The molecule has 1 aromatic rings. The van der Waals surface area contributed by atoms with E-state index >= 15 is 0 Å². The van der Waals surface area contributed by atoms with Gasteiger partial charge in [0.05, 0.1) is 12.3 Å². The molecule has 1 N–H and O–H groups in total. The summed E-state index contributed by atoms with van der Waals surface area (Å²) in [6, 6.07) is 7.34. The van der Waals surface area contributed by atoms with Gasteiger partial charge in [-0.2, -0.15) is 5.10 Å². The maximum absolute atomic E-state index is 11.9. The van der Waals surface area contributed by atoms with Gasteiger partial charge in [-0.05, 0) is 62.9 Å². The molecule has 0 unspecified atom stereocenters. The number of hydrogen-bond acceptors (Lipinski definition) is 4. The summed E-state index contributed by atoms with van der Waals surface area (Å²) >= 11 is 0. The molecule has 0 atom stereocenters. The third-order valence-electron chi connectivity index (χ3n) is 3.47. The van der Waals surface area contributed by atoms with E-state index in [-0.39, 0.29) is 6.10 Å². The SMILES string of the molecule is CC(C)Oc1ccc(/C=N/NC(=O)C(=O)N2CCCCC2)cc1. The number of nitrogens with zero attached hydrogens (tertiary/aromatic N) is 2.